The molecule has 0 spiro atoms. The highest BCUT2D eigenvalue weighted by Crippen LogP contribution is 2.39. The van der Waals surface area contributed by atoms with E-state index in [0.717, 1.165) is 0 Å². The van der Waals surface area contributed by atoms with Gasteiger partial charge in [-0.3, -0.25) is 4.79 Å². The fraction of sp³-hybridized carbons (Fsp3) is 0.286. The lowest BCUT2D eigenvalue weighted by atomic mass is 9.82. The Balaban J connectivity index is 1.82. The number of anilines is 1. The molecular formula is C14H12NO5-. The number of phenols is 1. The molecule has 6 heteroatoms. The van der Waals surface area contributed by atoms with Gasteiger partial charge in [-0.2, -0.15) is 0 Å². The third-order valence-corrected chi connectivity index (χ3v) is 3.64. The van der Waals surface area contributed by atoms with E-state index < -0.39 is 35.9 Å². The normalized spacial score (nSPS) is 30.4. The fourth-order valence-electron chi connectivity index (χ4n) is 2.70. The zero-order valence-electron chi connectivity index (χ0n) is 10.4. The van der Waals surface area contributed by atoms with Crippen LogP contribution in [0.1, 0.15) is 0 Å². The van der Waals surface area contributed by atoms with Gasteiger partial charge < -0.3 is 25.1 Å². The zero-order chi connectivity index (χ0) is 14.3. The number of nitrogens with one attached hydrogen (secondary N) is 1. The first-order chi connectivity index (χ1) is 9.58. The van der Waals surface area contributed by atoms with Gasteiger partial charge in [0.2, 0.25) is 5.91 Å². The van der Waals surface area contributed by atoms with E-state index in [1.165, 1.54) is 12.1 Å². The summed E-state index contributed by atoms with van der Waals surface area (Å²) >= 11 is 0. The zero-order valence-corrected chi connectivity index (χ0v) is 10.4. The number of fused-ring (bicyclic) bond motifs is 2. The number of rotatable bonds is 3. The number of amides is 1. The van der Waals surface area contributed by atoms with Crippen LogP contribution >= 0.6 is 0 Å². The molecule has 4 atom stereocenters. The van der Waals surface area contributed by atoms with Crippen LogP contribution in [0.25, 0.3) is 0 Å². The lowest BCUT2D eigenvalue weighted by Crippen LogP contribution is -2.45. The minimum atomic E-state index is -1.31. The van der Waals surface area contributed by atoms with Crippen LogP contribution in [0.4, 0.5) is 5.69 Å². The fourth-order valence-corrected chi connectivity index (χ4v) is 2.70. The van der Waals surface area contributed by atoms with E-state index in [2.05, 4.69) is 5.32 Å². The third-order valence-electron chi connectivity index (χ3n) is 3.64. The van der Waals surface area contributed by atoms with E-state index in [9.17, 15) is 19.8 Å². The molecule has 2 aliphatic rings. The summed E-state index contributed by atoms with van der Waals surface area (Å²) in [6.07, 6.45) is 2.13. The first kappa shape index (κ1) is 12.7. The van der Waals surface area contributed by atoms with Gasteiger partial charge in [-0.15, -0.1) is 0 Å². The Morgan fingerprint density at radius 1 is 1.15 bits per heavy atom. The van der Waals surface area contributed by atoms with Crippen molar-refractivity contribution in [2.24, 2.45) is 11.8 Å². The summed E-state index contributed by atoms with van der Waals surface area (Å²) in [4.78, 5) is 23.4. The summed E-state index contributed by atoms with van der Waals surface area (Å²) in [6, 6.07) is 6.25. The summed E-state index contributed by atoms with van der Waals surface area (Å²) in [7, 11) is 0. The molecule has 1 aromatic rings. The number of aromatic hydroxyl groups is 1. The van der Waals surface area contributed by atoms with E-state index >= 15 is 0 Å². The van der Waals surface area contributed by atoms with Crippen LogP contribution in [0, 0.1) is 11.8 Å². The highest BCUT2D eigenvalue weighted by molar-refractivity contribution is 5.97. The average Bonchev–Trinajstić information content (AvgIpc) is 3.01. The van der Waals surface area contributed by atoms with Crippen LogP contribution in [0.15, 0.2) is 36.4 Å². The van der Waals surface area contributed by atoms with Crippen molar-refractivity contribution in [1.29, 1.82) is 0 Å². The molecule has 2 N–H and O–H groups in total. The van der Waals surface area contributed by atoms with Crippen molar-refractivity contribution >= 4 is 17.6 Å². The molecule has 3 rings (SSSR count). The topological polar surface area (TPSA) is 98.7 Å². The molecule has 2 aliphatic heterocycles. The van der Waals surface area contributed by atoms with Crippen molar-refractivity contribution in [3.05, 3.63) is 36.4 Å². The molecular weight excluding hydrogens is 262 g/mol. The second-order valence-electron chi connectivity index (χ2n) is 4.83. The summed E-state index contributed by atoms with van der Waals surface area (Å²) in [5.41, 5.74) is 0.237. The molecule has 2 heterocycles. The van der Waals surface area contributed by atoms with Crippen LogP contribution in [-0.2, 0) is 14.3 Å². The number of aliphatic carboxylic acids is 1. The Bertz CT molecular complexity index is 597. The highest BCUT2D eigenvalue weighted by atomic mass is 16.5. The molecule has 1 amide bonds. The number of ether oxygens (including phenoxy) is 1. The van der Waals surface area contributed by atoms with Crippen LogP contribution < -0.4 is 10.4 Å². The van der Waals surface area contributed by atoms with Crippen LogP contribution in [0.2, 0.25) is 0 Å². The number of hydrogen-bond donors (Lipinski definition) is 2. The molecule has 1 fully saturated rings. The van der Waals surface area contributed by atoms with Gasteiger partial charge in [0.1, 0.15) is 5.75 Å². The highest BCUT2D eigenvalue weighted by Gasteiger charge is 2.50. The Labute approximate surface area is 114 Å². The summed E-state index contributed by atoms with van der Waals surface area (Å²) in [5.74, 6) is -3.74. The minimum Gasteiger partial charge on any atom is -0.550 e. The molecule has 1 saturated heterocycles. The van der Waals surface area contributed by atoms with E-state index in [-0.39, 0.29) is 11.4 Å². The van der Waals surface area contributed by atoms with Gasteiger partial charge in [0.15, 0.2) is 0 Å². The Kier molecular flexibility index (Phi) is 2.94. The van der Waals surface area contributed by atoms with Gasteiger partial charge in [-0.25, -0.2) is 0 Å². The van der Waals surface area contributed by atoms with Crippen molar-refractivity contribution in [2.75, 3.05) is 5.32 Å². The third kappa shape index (κ3) is 1.94. The van der Waals surface area contributed by atoms with Gasteiger partial charge in [0, 0.05) is 11.9 Å². The van der Waals surface area contributed by atoms with Gasteiger partial charge >= 0.3 is 0 Å². The SMILES string of the molecule is O=C([O-])[C@@H]1[C@H](C(=O)Nc2ccccc2O)[C@@H]2C=C[C@H]1O2. The van der Waals surface area contributed by atoms with Crippen molar-refractivity contribution < 1.29 is 24.5 Å². The largest absolute Gasteiger partial charge is 0.550 e. The number of carboxylic acid groups (broad SMARTS) is 1. The maximum atomic E-state index is 12.2. The van der Waals surface area contributed by atoms with Gasteiger partial charge in [-0.05, 0) is 12.1 Å². The van der Waals surface area contributed by atoms with E-state index in [0.29, 0.717) is 0 Å². The van der Waals surface area contributed by atoms with Crippen LogP contribution in [0.5, 0.6) is 5.75 Å². The smallest absolute Gasteiger partial charge is 0.231 e. The molecule has 2 bridgehead atoms. The van der Waals surface area contributed by atoms with Crippen molar-refractivity contribution in [2.45, 2.75) is 12.2 Å². The van der Waals surface area contributed by atoms with Crippen LogP contribution in [0.3, 0.4) is 0 Å². The van der Waals surface area contributed by atoms with E-state index in [1.807, 2.05) is 0 Å². The monoisotopic (exact) mass is 274 g/mol. The second kappa shape index (κ2) is 4.64. The molecule has 6 nitrogen and oxygen atoms in total. The number of benzene rings is 1. The maximum Gasteiger partial charge on any atom is 0.231 e. The number of carbonyl (C=O) groups excluding carboxylic acids is 2. The molecule has 104 valence electrons. The van der Waals surface area contributed by atoms with Crippen molar-refractivity contribution in [3.63, 3.8) is 0 Å². The van der Waals surface area contributed by atoms with E-state index in [4.69, 9.17) is 4.74 Å². The van der Waals surface area contributed by atoms with Gasteiger partial charge in [-0.1, -0.05) is 24.3 Å². The molecule has 0 aromatic heterocycles. The summed E-state index contributed by atoms with van der Waals surface area (Å²) in [5, 5.41) is 23.3. The van der Waals surface area contributed by atoms with Crippen molar-refractivity contribution in [1.82, 2.24) is 0 Å². The molecule has 0 saturated carbocycles. The summed E-state index contributed by atoms with van der Waals surface area (Å²) in [6.45, 7) is 0. The standard InChI is InChI=1S/C14H13NO5/c16-8-4-2-1-3-7(8)15-13(17)11-9-5-6-10(20-9)12(11)14(18)19/h1-6,9-12,16H,(H,15,17)(H,18,19)/p-1/t9-,10+,11+,12-/m0/s1. The maximum absolute atomic E-state index is 12.2. The Morgan fingerprint density at radius 3 is 2.45 bits per heavy atom. The molecule has 0 aliphatic carbocycles. The van der Waals surface area contributed by atoms with Gasteiger partial charge in [0.25, 0.3) is 0 Å². The molecule has 0 radical (unpaired) electrons. The quantitative estimate of drug-likeness (QED) is 0.580. The lowest BCUT2D eigenvalue weighted by Gasteiger charge is -2.25. The first-order valence-electron chi connectivity index (χ1n) is 6.21. The number of hydrogen-bond acceptors (Lipinski definition) is 5. The Hall–Kier alpha value is -2.34. The molecule has 1 aromatic carbocycles. The van der Waals surface area contributed by atoms with Gasteiger partial charge in [0.05, 0.1) is 23.8 Å². The number of phenolic OH excluding ortho intramolecular Hbond substituents is 1. The number of carbonyl (C=O) groups is 2. The van der Waals surface area contributed by atoms with Crippen LogP contribution in [-0.4, -0.2) is 29.2 Å². The Morgan fingerprint density at radius 2 is 1.80 bits per heavy atom. The minimum absolute atomic E-state index is 0.0783. The predicted molar refractivity (Wildman–Crippen MR) is 66.5 cm³/mol. The first-order valence-corrected chi connectivity index (χ1v) is 6.21. The second-order valence-corrected chi connectivity index (χ2v) is 4.83. The number of para-hydroxylation sites is 2. The summed E-state index contributed by atoms with van der Waals surface area (Å²) < 4.78 is 5.39. The van der Waals surface area contributed by atoms with E-state index in [1.54, 1.807) is 24.3 Å². The van der Waals surface area contributed by atoms with Crippen molar-refractivity contribution in [3.8, 4) is 5.75 Å². The molecule has 0 unspecified atom stereocenters. The number of carboxylic acids is 1. The molecule has 20 heavy (non-hydrogen) atoms. The lowest BCUT2D eigenvalue weighted by molar-refractivity contribution is -0.313. The average molecular weight is 274 g/mol. The predicted octanol–water partition coefficient (Wildman–Crippen LogP) is -0.350.